The van der Waals surface area contributed by atoms with Gasteiger partial charge in [0.25, 0.3) is 0 Å². The van der Waals surface area contributed by atoms with E-state index in [1.54, 1.807) is 6.08 Å². The number of anilines is 1. The topological polar surface area (TPSA) is 46.2 Å². The van der Waals surface area contributed by atoms with E-state index < -0.39 is 15.8 Å². The van der Waals surface area contributed by atoms with Crippen LogP contribution < -0.4 is 4.72 Å². The normalized spacial score (nSPS) is 11.0. The highest BCUT2D eigenvalue weighted by Crippen LogP contribution is 2.25. The number of hydrogen-bond donors (Lipinski definition) is 1. The van der Waals surface area contributed by atoms with E-state index in [1.165, 1.54) is 12.1 Å². The van der Waals surface area contributed by atoms with Crippen LogP contribution in [-0.2, 0) is 10.0 Å². The lowest BCUT2D eigenvalue weighted by Crippen LogP contribution is -2.10. The van der Waals surface area contributed by atoms with Crippen molar-refractivity contribution in [3.63, 3.8) is 0 Å². The van der Waals surface area contributed by atoms with E-state index in [-0.39, 0.29) is 5.69 Å². The van der Waals surface area contributed by atoms with Gasteiger partial charge in [-0.2, -0.15) is 0 Å². The highest BCUT2D eigenvalue weighted by Gasteiger charge is 2.07. The molecule has 7 heteroatoms. The Labute approximate surface area is 110 Å². The van der Waals surface area contributed by atoms with Crippen LogP contribution in [0.5, 0.6) is 0 Å². The number of hydrogen-bond acceptors (Lipinski definition) is 2. The van der Waals surface area contributed by atoms with Crippen molar-refractivity contribution < 1.29 is 12.8 Å². The number of nitrogens with one attached hydrogen (secondary N) is 1. The van der Waals surface area contributed by atoms with Crippen LogP contribution in [-0.4, -0.2) is 14.7 Å². The summed E-state index contributed by atoms with van der Waals surface area (Å²) < 4.78 is 38.0. The SMILES string of the molecule is CS(=O)(=O)Nc1cc(F)ccc1C=C(Br)Br. The van der Waals surface area contributed by atoms with Crippen molar-refractivity contribution in [3.05, 3.63) is 33.0 Å². The summed E-state index contributed by atoms with van der Waals surface area (Å²) in [7, 11) is -3.43. The standard InChI is InChI=1S/C9H8Br2FNO2S/c1-16(14,15)13-8-5-7(12)3-2-6(8)4-9(10)11/h2-5,13H,1H3. The number of rotatable bonds is 3. The molecular formula is C9H8Br2FNO2S. The maximum absolute atomic E-state index is 13.0. The van der Waals surface area contributed by atoms with E-state index in [9.17, 15) is 12.8 Å². The Morgan fingerprint density at radius 2 is 2.06 bits per heavy atom. The summed E-state index contributed by atoms with van der Waals surface area (Å²) in [6, 6.07) is 3.85. The molecule has 0 amide bonds. The lowest BCUT2D eigenvalue weighted by Gasteiger charge is -2.07. The molecule has 16 heavy (non-hydrogen) atoms. The van der Waals surface area contributed by atoms with E-state index in [4.69, 9.17) is 0 Å². The first-order valence-electron chi connectivity index (χ1n) is 4.08. The smallest absolute Gasteiger partial charge is 0.229 e. The molecule has 0 radical (unpaired) electrons. The second-order valence-corrected chi connectivity index (χ2v) is 7.56. The molecular weight excluding hydrogens is 365 g/mol. The molecule has 1 rings (SSSR count). The van der Waals surface area contributed by atoms with Gasteiger partial charge in [0, 0.05) is 5.56 Å². The largest absolute Gasteiger partial charge is 0.283 e. The third-order valence-corrected chi connectivity index (χ3v) is 2.62. The lowest BCUT2D eigenvalue weighted by atomic mass is 10.2. The van der Waals surface area contributed by atoms with Gasteiger partial charge in [0.1, 0.15) is 5.82 Å². The van der Waals surface area contributed by atoms with Crippen LogP contribution in [0.3, 0.4) is 0 Å². The van der Waals surface area contributed by atoms with Gasteiger partial charge in [0.05, 0.1) is 15.3 Å². The monoisotopic (exact) mass is 371 g/mol. The van der Waals surface area contributed by atoms with Crippen molar-refractivity contribution >= 4 is 53.6 Å². The third-order valence-electron chi connectivity index (χ3n) is 1.58. The minimum Gasteiger partial charge on any atom is -0.283 e. The van der Waals surface area contributed by atoms with Gasteiger partial charge < -0.3 is 0 Å². The molecule has 0 aromatic heterocycles. The van der Waals surface area contributed by atoms with Crippen molar-refractivity contribution in [2.45, 2.75) is 0 Å². The van der Waals surface area contributed by atoms with Crippen molar-refractivity contribution in [2.75, 3.05) is 11.0 Å². The number of sulfonamides is 1. The summed E-state index contributed by atoms with van der Waals surface area (Å²) in [5.41, 5.74) is 0.745. The minimum absolute atomic E-state index is 0.193. The molecule has 3 nitrogen and oxygen atoms in total. The summed E-state index contributed by atoms with van der Waals surface area (Å²) in [4.78, 5) is 0. The van der Waals surface area contributed by atoms with Crippen LogP contribution in [0.1, 0.15) is 5.56 Å². The molecule has 0 aliphatic heterocycles. The Balaban J connectivity index is 3.24. The third kappa shape index (κ3) is 4.63. The van der Waals surface area contributed by atoms with Gasteiger partial charge in [-0.1, -0.05) is 0 Å². The van der Waals surface area contributed by atoms with E-state index in [1.807, 2.05) is 0 Å². The number of halogens is 3. The van der Waals surface area contributed by atoms with Gasteiger partial charge >= 0.3 is 0 Å². The van der Waals surface area contributed by atoms with E-state index >= 15 is 0 Å². The second-order valence-electron chi connectivity index (χ2n) is 3.04. The van der Waals surface area contributed by atoms with Crippen LogP contribution in [0.2, 0.25) is 0 Å². The molecule has 1 aromatic carbocycles. The maximum atomic E-state index is 13.0. The first kappa shape index (κ1) is 13.7. The summed E-state index contributed by atoms with van der Waals surface area (Å²) in [6.45, 7) is 0. The Bertz CT molecular complexity index is 524. The fraction of sp³-hybridized carbons (Fsp3) is 0.111. The molecule has 0 spiro atoms. The van der Waals surface area contributed by atoms with Gasteiger partial charge in [-0.05, 0) is 56.1 Å². The molecule has 0 bridgehead atoms. The summed E-state index contributed by atoms with van der Waals surface area (Å²) in [6.07, 6.45) is 2.63. The molecule has 0 unspecified atom stereocenters. The van der Waals surface area contributed by atoms with Crippen LogP contribution in [0.4, 0.5) is 10.1 Å². The summed E-state index contributed by atoms with van der Waals surface area (Å²) in [5.74, 6) is -0.506. The second kappa shape index (κ2) is 5.29. The Morgan fingerprint density at radius 1 is 1.44 bits per heavy atom. The zero-order valence-corrected chi connectivity index (χ0v) is 12.2. The molecule has 0 heterocycles. The summed E-state index contributed by atoms with van der Waals surface area (Å²) in [5, 5.41) is 0. The number of benzene rings is 1. The fourth-order valence-electron chi connectivity index (χ4n) is 1.06. The highest BCUT2D eigenvalue weighted by atomic mass is 79.9. The lowest BCUT2D eigenvalue weighted by molar-refractivity contribution is 0.606. The van der Waals surface area contributed by atoms with Gasteiger partial charge in [-0.15, -0.1) is 0 Å². The van der Waals surface area contributed by atoms with Crippen molar-refractivity contribution in [3.8, 4) is 0 Å². The Hall–Kier alpha value is -0.400. The van der Waals surface area contributed by atoms with Crippen molar-refractivity contribution in [1.29, 1.82) is 0 Å². The quantitative estimate of drug-likeness (QED) is 0.884. The molecule has 1 N–H and O–H groups in total. The predicted molar refractivity (Wildman–Crippen MR) is 70.7 cm³/mol. The predicted octanol–water partition coefficient (Wildman–Crippen LogP) is 3.29. The van der Waals surface area contributed by atoms with Crippen LogP contribution >= 0.6 is 31.9 Å². The molecule has 0 saturated heterocycles. The molecule has 1 aromatic rings. The molecule has 0 aliphatic rings. The van der Waals surface area contributed by atoms with Crippen molar-refractivity contribution in [1.82, 2.24) is 0 Å². The first-order valence-corrected chi connectivity index (χ1v) is 7.56. The Morgan fingerprint density at radius 3 is 2.56 bits per heavy atom. The Kier molecular flexibility index (Phi) is 4.52. The van der Waals surface area contributed by atoms with Gasteiger partial charge in [0.15, 0.2) is 0 Å². The zero-order chi connectivity index (χ0) is 12.3. The molecule has 0 atom stereocenters. The van der Waals surface area contributed by atoms with Gasteiger partial charge in [0.2, 0.25) is 10.0 Å². The van der Waals surface area contributed by atoms with Gasteiger partial charge in [-0.3, -0.25) is 4.72 Å². The zero-order valence-electron chi connectivity index (χ0n) is 8.17. The van der Waals surface area contributed by atoms with E-state index in [2.05, 4.69) is 36.6 Å². The van der Waals surface area contributed by atoms with Crippen LogP contribution in [0, 0.1) is 5.82 Å². The average molecular weight is 373 g/mol. The highest BCUT2D eigenvalue weighted by molar-refractivity contribution is 9.28. The minimum atomic E-state index is -3.43. The van der Waals surface area contributed by atoms with Gasteiger partial charge in [-0.25, -0.2) is 12.8 Å². The van der Waals surface area contributed by atoms with E-state index in [0.717, 1.165) is 12.3 Å². The van der Waals surface area contributed by atoms with Crippen LogP contribution in [0.15, 0.2) is 21.6 Å². The molecule has 0 fully saturated rings. The molecule has 0 saturated carbocycles. The van der Waals surface area contributed by atoms with Crippen LogP contribution in [0.25, 0.3) is 6.08 Å². The molecule has 0 aliphatic carbocycles. The fourth-order valence-corrected chi connectivity index (χ4v) is 2.13. The van der Waals surface area contributed by atoms with E-state index in [0.29, 0.717) is 8.96 Å². The average Bonchev–Trinajstić information content (AvgIpc) is 2.06. The molecule has 88 valence electrons. The summed E-state index contributed by atoms with van der Waals surface area (Å²) >= 11 is 6.30. The van der Waals surface area contributed by atoms with Crippen molar-refractivity contribution in [2.24, 2.45) is 0 Å². The maximum Gasteiger partial charge on any atom is 0.229 e. The first-order chi connectivity index (χ1) is 7.28.